The molecule has 0 bridgehead atoms. The third kappa shape index (κ3) is 11.2. The van der Waals surface area contributed by atoms with E-state index in [4.69, 9.17) is 9.84 Å². The third-order valence-corrected chi connectivity index (χ3v) is 3.97. The molecular formula is C13H27NO5S. The zero-order valence-electron chi connectivity index (χ0n) is 12.8. The van der Waals surface area contributed by atoms with E-state index in [2.05, 4.69) is 4.72 Å². The summed E-state index contributed by atoms with van der Waals surface area (Å²) in [6.45, 7) is 7.95. The Morgan fingerprint density at radius 3 is 2.30 bits per heavy atom. The Kier molecular flexibility index (Phi) is 9.00. The van der Waals surface area contributed by atoms with Gasteiger partial charge in [0.25, 0.3) is 0 Å². The minimum absolute atomic E-state index is 0.00843. The Bertz CT molecular complexity index is 378. The third-order valence-electron chi connectivity index (χ3n) is 2.66. The summed E-state index contributed by atoms with van der Waals surface area (Å²) in [4.78, 5) is 10.8. The Morgan fingerprint density at radius 1 is 1.25 bits per heavy atom. The van der Waals surface area contributed by atoms with Gasteiger partial charge < -0.3 is 9.84 Å². The van der Waals surface area contributed by atoms with Crippen molar-refractivity contribution in [2.24, 2.45) is 11.8 Å². The maximum absolute atomic E-state index is 11.7. The second-order valence-corrected chi connectivity index (χ2v) is 7.61. The highest BCUT2D eigenvalue weighted by Crippen LogP contribution is 2.15. The number of aliphatic carboxylic acids is 1. The first-order valence-electron chi connectivity index (χ1n) is 6.93. The van der Waals surface area contributed by atoms with Crippen molar-refractivity contribution in [3.8, 4) is 0 Å². The highest BCUT2D eigenvalue weighted by Gasteiger charge is 2.18. The summed E-state index contributed by atoms with van der Waals surface area (Å²) in [5.74, 6) is -0.869. The van der Waals surface area contributed by atoms with Gasteiger partial charge in [0.1, 0.15) is 0 Å². The maximum atomic E-state index is 11.7. The largest absolute Gasteiger partial charge is 0.481 e. The van der Waals surface area contributed by atoms with Gasteiger partial charge in [-0.15, -0.1) is 0 Å². The van der Waals surface area contributed by atoms with E-state index in [0.717, 1.165) is 0 Å². The number of hydrogen-bond donors (Lipinski definition) is 2. The van der Waals surface area contributed by atoms with Crippen LogP contribution in [-0.2, 0) is 19.6 Å². The number of rotatable bonds is 11. The lowest BCUT2D eigenvalue weighted by atomic mass is 9.94. The normalized spacial score (nSPS) is 13.9. The van der Waals surface area contributed by atoms with Crippen LogP contribution in [0.4, 0.5) is 0 Å². The summed E-state index contributed by atoms with van der Waals surface area (Å²) in [5.41, 5.74) is 0. The highest BCUT2D eigenvalue weighted by molar-refractivity contribution is 7.89. The van der Waals surface area contributed by atoms with E-state index in [9.17, 15) is 13.2 Å². The van der Waals surface area contributed by atoms with Gasteiger partial charge in [0, 0.05) is 13.0 Å². The molecule has 1 atom stereocenters. The lowest BCUT2D eigenvalue weighted by Crippen LogP contribution is -2.34. The summed E-state index contributed by atoms with van der Waals surface area (Å²) in [6.07, 6.45) is 0.645. The first-order valence-corrected chi connectivity index (χ1v) is 8.58. The van der Waals surface area contributed by atoms with Crippen molar-refractivity contribution in [1.82, 2.24) is 4.72 Å². The molecule has 2 N–H and O–H groups in total. The Morgan fingerprint density at radius 2 is 1.85 bits per heavy atom. The average molecular weight is 309 g/mol. The fourth-order valence-electron chi connectivity index (χ4n) is 1.86. The number of sulfonamides is 1. The fraction of sp³-hybridized carbons (Fsp3) is 0.923. The van der Waals surface area contributed by atoms with Crippen molar-refractivity contribution in [3.05, 3.63) is 0 Å². The zero-order valence-corrected chi connectivity index (χ0v) is 13.6. The van der Waals surface area contributed by atoms with Crippen molar-refractivity contribution in [2.45, 2.75) is 46.6 Å². The summed E-state index contributed by atoms with van der Waals surface area (Å²) < 4.78 is 31.2. The molecule has 0 aromatic carbocycles. The molecule has 0 rings (SSSR count). The topological polar surface area (TPSA) is 92.7 Å². The Balaban J connectivity index is 4.26. The van der Waals surface area contributed by atoms with Crippen LogP contribution >= 0.6 is 0 Å². The van der Waals surface area contributed by atoms with Crippen molar-refractivity contribution in [3.63, 3.8) is 0 Å². The van der Waals surface area contributed by atoms with Crippen LogP contribution in [0, 0.1) is 11.8 Å². The van der Waals surface area contributed by atoms with Gasteiger partial charge >= 0.3 is 5.97 Å². The quantitative estimate of drug-likeness (QED) is 0.603. The number of carbonyl (C=O) groups is 1. The van der Waals surface area contributed by atoms with Crippen molar-refractivity contribution >= 4 is 16.0 Å². The average Bonchev–Trinajstić information content (AvgIpc) is 2.23. The molecule has 0 aromatic heterocycles. The number of carboxylic acid groups (broad SMARTS) is 1. The summed E-state index contributed by atoms with van der Waals surface area (Å²) >= 11 is 0. The van der Waals surface area contributed by atoms with Crippen LogP contribution in [0.15, 0.2) is 0 Å². The summed E-state index contributed by atoms with van der Waals surface area (Å²) in [7, 11) is -3.41. The van der Waals surface area contributed by atoms with Crippen LogP contribution in [0.1, 0.15) is 40.5 Å². The first-order chi connectivity index (χ1) is 9.12. The lowest BCUT2D eigenvalue weighted by Gasteiger charge is -2.18. The minimum Gasteiger partial charge on any atom is -0.481 e. The fourth-order valence-corrected chi connectivity index (χ4v) is 2.81. The molecular weight excluding hydrogens is 282 g/mol. The molecule has 0 saturated carbocycles. The maximum Gasteiger partial charge on any atom is 0.303 e. The van der Waals surface area contributed by atoms with Gasteiger partial charge in [0.05, 0.1) is 18.5 Å². The molecule has 0 radical (unpaired) electrons. The van der Waals surface area contributed by atoms with Gasteiger partial charge in [0.15, 0.2) is 0 Å². The molecule has 0 heterocycles. The van der Waals surface area contributed by atoms with Crippen LogP contribution in [0.25, 0.3) is 0 Å². The van der Waals surface area contributed by atoms with E-state index >= 15 is 0 Å². The Labute approximate surface area is 121 Å². The molecule has 6 nitrogen and oxygen atoms in total. The smallest absolute Gasteiger partial charge is 0.303 e. The number of ether oxygens (including phenoxy) is 1. The molecule has 120 valence electrons. The van der Waals surface area contributed by atoms with Gasteiger partial charge in [-0.3, -0.25) is 4.79 Å². The van der Waals surface area contributed by atoms with E-state index in [0.29, 0.717) is 12.3 Å². The predicted octanol–water partition coefficient (Wildman–Crippen LogP) is 1.47. The molecule has 0 aliphatic carbocycles. The molecule has 0 amide bonds. The SMILES string of the molecule is CC(C)C[C@H](CNS(=O)(=O)CCOC(C)C)CC(=O)O. The summed E-state index contributed by atoms with van der Waals surface area (Å²) in [5, 5.41) is 8.83. The van der Waals surface area contributed by atoms with E-state index in [-0.39, 0.29) is 37.3 Å². The zero-order chi connectivity index (χ0) is 15.8. The van der Waals surface area contributed by atoms with E-state index in [1.54, 1.807) is 0 Å². The predicted molar refractivity (Wildman–Crippen MR) is 78.1 cm³/mol. The van der Waals surface area contributed by atoms with Crippen molar-refractivity contribution in [1.29, 1.82) is 0 Å². The van der Waals surface area contributed by atoms with Crippen LogP contribution in [-0.4, -0.2) is 44.5 Å². The molecule has 0 aromatic rings. The van der Waals surface area contributed by atoms with Crippen LogP contribution in [0.3, 0.4) is 0 Å². The van der Waals surface area contributed by atoms with E-state index in [1.165, 1.54) is 0 Å². The van der Waals surface area contributed by atoms with Crippen molar-refractivity contribution in [2.75, 3.05) is 18.9 Å². The number of hydrogen-bond acceptors (Lipinski definition) is 4. The molecule has 0 aliphatic rings. The number of nitrogens with one attached hydrogen (secondary N) is 1. The molecule has 0 spiro atoms. The molecule has 20 heavy (non-hydrogen) atoms. The monoisotopic (exact) mass is 309 g/mol. The minimum atomic E-state index is -3.41. The summed E-state index contributed by atoms with van der Waals surface area (Å²) in [6, 6.07) is 0. The van der Waals surface area contributed by atoms with E-state index in [1.807, 2.05) is 27.7 Å². The molecule has 0 fully saturated rings. The van der Waals surface area contributed by atoms with Gasteiger partial charge in [-0.1, -0.05) is 13.8 Å². The standard InChI is InChI=1S/C13H27NO5S/c1-10(2)7-12(8-13(15)16)9-14-20(17,18)6-5-19-11(3)4/h10-12,14H,5-9H2,1-4H3,(H,15,16)/t12-/m0/s1. The highest BCUT2D eigenvalue weighted by atomic mass is 32.2. The van der Waals surface area contributed by atoms with Crippen LogP contribution in [0.2, 0.25) is 0 Å². The van der Waals surface area contributed by atoms with Gasteiger partial charge in [0.2, 0.25) is 10.0 Å². The van der Waals surface area contributed by atoms with Crippen molar-refractivity contribution < 1.29 is 23.1 Å². The van der Waals surface area contributed by atoms with E-state index < -0.39 is 16.0 Å². The van der Waals surface area contributed by atoms with Gasteiger partial charge in [-0.05, 0) is 32.1 Å². The second kappa shape index (κ2) is 9.31. The molecule has 0 saturated heterocycles. The Hall–Kier alpha value is -0.660. The first kappa shape index (κ1) is 19.3. The van der Waals surface area contributed by atoms with Crippen LogP contribution in [0.5, 0.6) is 0 Å². The van der Waals surface area contributed by atoms with Gasteiger partial charge in [-0.25, -0.2) is 13.1 Å². The van der Waals surface area contributed by atoms with Gasteiger partial charge in [-0.2, -0.15) is 0 Å². The van der Waals surface area contributed by atoms with Crippen LogP contribution < -0.4 is 4.72 Å². The molecule has 0 unspecified atom stereocenters. The molecule has 7 heteroatoms. The molecule has 0 aliphatic heterocycles. The number of carboxylic acids is 1. The second-order valence-electron chi connectivity index (χ2n) is 5.68. The lowest BCUT2D eigenvalue weighted by molar-refractivity contribution is -0.138.